The highest BCUT2D eigenvalue weighted by molar-refractivity contribution is 5.95. The van der Waals surface area contributed by atoms with Crippen molar-refractivity contribution in [3.63, 3.8) is 0 Å². The van der Waals surface area contributed by atoms with Crippen molar-refractivity contribution >= 4 is 11.6 Å². The van der Waals surface area contributed by atoms with Crippen LogP contribution in [0.4, 0.5) is 14.5 Å². The molecule has 18 heavy (non-hydrogen) atoms. The first-order valence-corrected chi connectivity index (χ1v) is 5.65. The van der Waals surface area contributed by atoms with Gasteiger partial charge in [0.15, 0.2) is 0 Å². The van der Waals surface area contributed by atoms with Crippen LogP contribution < -0.4 is 10.6 Å². The van der Waals surface area contributed by atoms with Crippen LogP contribution in [0.3, 0.4) is 0 Å². The smallest absolute Gasteiger partial charge is 0.243 e. The minimum atomic E-state index is -0.654. The number of nitrogens with one attached hydrogen (secondary N) is 2. The molecule has 0 spiro atoms. The molecular formula is C12H14F2N2O2. The molecule has 1 fully saturated rings. The van der Waals surface area contributed by atoms with Gasteiger partial charge in [0.25, 0.3) is 0 Å². The van der Waals surface area contributed by atoms with Gasteiger partial charge in [-0.15, -0.1) is 0 Å². The zero-order chi connectivity index (χ0) is 13.1. The maximum atomic E-state index is 13.5. The topological polar surface area (TPSA) is 50.4 Å². The Morgan fingerprint density at radius 3 is 2.89 bits per heavy atom. The Labute approximate surface area is 103 Å². The van der Waals surface area contributed by atoms with E-state index >= 15 is 0 Å². The Bertz CT molecular complexity index is 460. The Morgan fingerprint density at radius 2 is 2.22 bits per heavy atom. The summed E-state index contributed by atoms with van der Waals surface area (Å²) in [6.45, 7) is 2.78. The minimum Gasteiger partial charge on any atom is -0.378 e. The number of benzene rings is 1. The number of ether oxygens (including phenoxy) is 1. The van der Waals surface area contributed by atoms with E-state index in [1.807, 2.05) is 0 Å². The quantitative estimate of drug-likeness (QED) is 0.836. The van der Waals surface area contributed by atoms with E-state index in [4.69, 9.17) is 4.74 Å². The van der Waals surface area contributed by atoms with Crippen molar-refractivity contribution in [2.75, 3.05) is 25.1 Å². The average molecular weight is 256 g/mol. The molecule has 1 saturated heterocycles. The fourth-order valence-corrected chi connectivity index (χ4v) is 1.70. The number of morpholine rings is 1. The number of anilines is 1. The maximum Gasteiger partial charge on any atom is 0.243 e. The van der Waals surface area contributed by atoms with Gasteiger partial charge in [-0.25, -0.2) is 8.78 Å². The van der Waals surface area contributed by atoms with Gasteiger partial charge in [0.2, 0.25) is 5.91 Å². The lowest BCUT2D eigenvalue weighted by atomic mass is 10.2. The van der Waals surface area contributed by atoms with Gasteiger partial charge in [-0.05, 0) is 18.6 Å². The average Bonchev–Trinajstić information content (AvgIpc) is 2.37. The molecule has 1 atom stereocenters. The first-order valence-electron chi connectivity index (χ1n) is 5.65. The van der Waals surface area contributed by atoms with Gasteiger partial charge in [-0.1, -0.05) is 0 Å². The second kappa shape index (κ2) is 5.41. The van der Waals surface area contributed by atoms with Crippen LogP contribution in [0.25, 0.3) is 0 Å². The summed E-state index contributed by atoms with van der Waals surface area (Å²) in [5, 5.41) is 5.28. The van der Waals surface area contributed by atoms with Crippen LogP contribution in [-0.2, 0) is 9.53 Å². The lowest BCUT2D eigenvalue weighted by Crippen LogP contribution is -2.48. The Kier molecular flexibility index (Phi) is 3.88. The van der Waals surface area contributed by atoms with Crippen LogP contribution in [0, 0.1) is 18.6 Å². The number of amides is 1. The Balaban J connectivity index is 2.08. The molecule has 0 saturated carbocycles. The largest absolute Gasteiger partial charge is 0.378 e. The van der Waals surface area contributed by atoms with Crippen molar-refractivity contribution in [1.82, 2.24) is 5.32 Å². The zero-order valence-electron chi connectivity index (χ0n) is 9.93. The van der Waals surface area contributed by atoms with Gasteiger partial charge in [0, 0.05) is 12.6 Å². The van der Waals surface area contributed by atoms with E-state index < -0.39 is 23.6 Å². The minimum absolute atomic E-state index is 0.157. The molecule has 1 aliphatic heterocycles. The number of aryl methyl sites for hydroxylation is 1. The SMILES string of the molecule is Cc1cc(F)c(NC(=O)C2COCCN2)cc1F. The van der Waals surface area contributed by atoms with Crippen LogP contribution in [0.2, 0.25) is 0 Å². The summed E-state index contributed by atoms with van der Waals surface area (Å²) < 4.78 is 31.9. The second-order valence-corrected chi connectivity index (χ2v) is 4.15. The lowest BCUT2D eigenvalue weighted by molar-refractivity contribution is -0.120. The van der Waals surface area contributed by atoms with Gasteiger partial charge < -0.3 is 15.4 Å². The van der Waals surface area contributed by atoms with Crippen LogP contribution in [0.15, 0.2) is 12.1 Å². The third kappa shape index (κ3) is 2.83. The standard InChI is InChI=1S/C12H14F2N2O2/c1-7-4-9(14)10(5-8(7)13)16-12(17)11-6-18-3-2-15-11/h4-5,11,15H,2-3,6H2,1H3,(H,16,17). The fourth-order valence-electron chi connectivity index (χ4n) is 1.70. The van der Waals surface area contributed by atoms with E-state index in [1.165, 1.54) is 6.92 Å². The number of hydrogen-bond acceptors (Lipinski definition) is 3. The molecule has 2 N–H and O–H groups in total. The van der Waals surface area contributed by atoms with E-state index in [-0.39, 0.29) is 17.9 Å². The second-order valence-electron chi connectivity index (χ2n) is 4.15. The normalized spacial score (nSPS) is 19.6. The molecule has 1 unspecified atom stereocenters. The summed E-state index contributed by atoms with van der Waals surface area (Å²) in [6.07, 6.45) is 0. The van der Waals surface area contributed by atoms with Gasteiger partial charge in [0.05, 0.1) is 18.9 Å². The zero-order valence-corrected chi connectivity index (χ0v) is 9.93. The summed E-state index contributed by atoms with van der Waals surface area (Å²) in [7, 11) is 0. The van der Waals surface area contributed by atoms with Gasteiger partial charge in [-0.3, -0.25) is 4.79 Å². The predicted molar refractivity (Wildman–Crippen MR) is 62.3 cm³/mol. The van der Waals surface area contributed by atoms with Crippen LogP contribution in [-0.4, -0.2) is 31.7 Å². The van der Waals surface area contributed by atoms with E-state index in [0.717, 1.165) is 12.1 Å². The number of carbonyl (C=O) groups is 1. The van der Waals surface area contributed by atoms with E-state index in [9.17, 15) is 13.6 Å². The fraction of sp³-hybridized carbons (Fsp3) is 0.417. The molecule has 0 bridgehead atoms. The first-order chi connectivity index (χ1) is 8.58. The number of halogens is 2. The summed E-state index contributed by atoms with van der Waals surface area (Å²) in [5.74, 6) is -1.64. The number of hydrogen-bond donors (Lipinski definition) is 2. The molecule has 1 aliphatic rings. The van der Waals surface area contributed by atoms with E-state index in [2.05, 4.69) is 10.6 Å². The molecule has 6 heteroatoms. The molecular weight excluding hydrogens is 242 g/mol. The molecule has 1 aromatic carbocycles. The molecule has 1 amide bonds. The lowest BCUT2D eigenvalue weighted by Gasteiger charge is -2.23. The molecule has 2 rings (SSSR count). The van der Waals surface area contributed by atoms with Crippen molar-refractivity contribution in [1.29, 1.82) is 0 Å². The first kappa shape index (κ1) is 12.9. The third-order valence-corrected chi connectivity index (χ3v) is 2.74. The van der Waals surface area contributed by atoms with Gasteiger partial charge >= 0.3 is 0 Å². The van der Waals surface area contributed by atoms with Crippen LogP contribution in [0.5, 0.6) is 0 Å². The Hall–Kier alpha value is -1.53. The van der Waals surface area contributed by atoms with Crippen LogP contribution >= 0.6 is 0 Å². The summed E-state index contributed by atoms with van der Waals surface area (Å²) >= 11 is 0. The molecule has 1 heterocycles. The van der Waals surface area contributed by atoms with E-state index in [1.54, 1.807) is 0 Å². The molecule has 0 radical (unpaired) electrons. The molecule has 0 aliphatic carbocycles. The summed E-state index contributed by atoms with van der Waals surface area (Å²) in [4.78, 5) is 11.8. The molecule has 0 aromatic heterocycles. The highest BCUT2D eigenvalue weighted by Crippen LogP contribution is 2.19. The summed E-state index contributed by atoms with van der Waals surface area (Å²) in [5.41, 5.74) is 0.0418. The number of carbonyl (C=O) groups excluding carboxylic acids is 1. The maximum absolute atomic E-state index is 13.5. The monoisotopic (exact) mass is 256 g/mol. The van der Waals surface area contributed by atoms with Gasteiger partial charge in [-0.2, -0.15) is 0 Å². The van der Waals surface area contributed by atoms with Gasteiger partial charge in [0.1, 0.15) is 17.7 Å². The Morgan fingerprint density at radius 1 is 1.44 bits per heavy atom. The highest BCUT2D eigenvalue weighted by Gasteiger charge is 2.22. The van der Waals surface area contributed by atoms with Crippen molar-refractivity contribution in [3.8, 4) is 0 Å². The van der Waals surface area contributed by atoms with Crippen molar-refractivity contribution in [2.24, 2.45) is 0 Å². The van der Waals surface area contributed by atoms with Crippen molar-refractivity contribution in [2.45, 2.75) is 13.0 Å². The molecule has 1 aromatic rings. The van der Waals surface area contributed by atoms with Crippen LogP contribution in [0.1, 0.15) is 5.56 Å². The van der Waals surface area contributed by atoms with Crippen molar-refractivity contribution < 1.29 is 18.3 Å². The van der Waals surface area contributed by atoms with E-state index in [0.29, 0.717) is 13.2 Å². The van der Waals surface area contributed by atoms with Crippen molar-refractivity contribution in [3.05, 3.63) is 29.3 Å². The third-order valence-electron chi connectivity index (χ3n) is 2.74. The number of rotatable bonds is 2. The summed E-state index contributed by atoms with van der Waals surface area (Å²) in [6, 6.07) is 1.49. The predicted octanol–water partition coefficient (Wildman–Crippen LogP) is 1.20. The molecule has 4 nitrogen and oxygen atoms in total. The molecule has 98 valence electrons. The highest BCUT2D eigenvalue weighted by atomic mass is 19.1.